The van der Waals surface area contributed by atoms with Gasteiger partial charge in [0.1, 0.15) is 0 Å². The lowest BCUT2D eigenvalue weighted by atomic mass is 9.49. The van der Waals surface area contributed by atoms with Gasteiger partial charge in [-0.05, 0) is 53.7 Å². The van der Waals surface area contributed by atoms with E-state index >= 15 is 0 Å². The van der Waals surface area contributed by atoms with Crippen molar-refractivity contribution < 1.29 is 0 Å². The predicted octanol–water partition coefficient (Wildman–Crippen LogP) is 2.36. The highest BCUT2D eigenvalue weighted by atomic mass is 16.2. The molecule has 1 aromatic heterocycles. The van der Waals surface area contributed by atoms with Crippen molar-refractivity contribution in [1.29, 1.82) is 0 Å². The van der Waals surface area contributed by atoms with Gasteiger partial charge in [-0.2, -0.15) is 0 Å². The van der Waals surface area contributed by atoms with E-state index in [4.69, 9.17) is 0 Å². The first-order valence-electron chi connectivity index (χ1n) is 10.3. The number of para-hydroxylation sites is 1. The van der Waals surface area contributed by atoms with Crippen LogP contribution < -0.4 is 11.4 Å². The van der Waals surface area contributed by atoms with E-state index in [2.05, 4.69) is 30.3 Å². The molecule has 3 aromatic rings. The van der Waals surface area contributed by atoms with Crippen molar-refractivity contribution in [3.05, 3.63) is 87.2 Å². The van der Waals surface area contributed by atoms with Crippen LogP contribution in [0.5, 0.6) is 0 Å². The molecule has 5 heteroatoms. The smallest absolute Gasteiger partial charge is 0.245 e. The molecule has 0 bridgehead atoms. The van der Waals surface area contributed by atoms with Gasteiger partial charge in [0.2, 0.25) is 0 Å². The number of aromatic nitrogens is 3. The maximum atomic E-state index is 13.5. The SMILES string of the molecule is O=c1n(-c2ccccc2)c(=O)n2n1[C@@H]1C3[C@@H]4[C@H]3[C@H]3[C@@H](c5ccccc5)C[C@@]32[C@@H]41. The fraction of sp³-hybridized carbons (Fsp3) is 0.391. The van der Waals surface area contributed by atoms with E-state index < -0.39 is 0 Å². The minimum Gasteiger partial charge on any atom is -0.245 e. The van der Waals surface area contributed by atoms with Crippen molar-refractivity contribution >= 4 is 0 Å². The Bertz CT molecular complexity index is 1290. The molecule has 1 spiro atoms. The van der Waals surface area contributed by atoms with Crippen molar-refractivity contribution in [1.82, 2.24) is 13.9 Å². The van der Waals surface area contributed by atoms with Crippen LogP contribution in [0.2, 0.25) is 0 Å². The molecule has 5 aliphatic rings. The van der Waals surface area contributed by atoms with Gasteiger partial charge in [-0.15, -0.1) is 0 Å². The van der Waals surface area contributed by atoms with Gasteiger partial charge in [0, 0.05) is 5.92 Å². The molecular weight excluding hydrogens is 350 g/mol. The molecule has 8 rings (SSSR count). The van der Waals surface area contributed by atoms with Crippen LogP contribution >= 0.6 is 0 Å². The molecule has 4 saturated carbocycles. The van der Waals surface area contributed by atoms with E-state index in [-0.39, 0.29) is 23.0 Å². The molecule has 4 fully saturated rings. The molecule has 1 unspecified atom stereocenters. The second-order valence-electron chi connectivity index (χ2n) is 9.38. The van der Waals surface area contributed by atoms with Crippen LogP contribution in [-0.2, 0) is 5.54 Å². The van der Waals surface area contributed by atoms with E-state index in [1.165, 1.54) is 10.1 Å². The normalized spacial score (nSPS) is 42.2. The maximum absolute atomic E-state index is 13.5. The Morgan fingerprint density at radius 3 is 2.21 bits per heavy atom. The molecule has 28 heavy (non-hydrogen) atoms. The molecule has 5 nitrogen and oxygen atoms in total. The third-order valence-electron chi connectivity index (χ3n) is 8.81. The molecule has 2 heterocycles. The van der Waals surface area contributed by atoms with Gasteiger partial charge in [0.05, 0.1) is 17.3 Å². The second kappa shape index (κ2) is 4.12. The van der Waals surface area contributed by atoms with Crippen LogP contribution in [0.15, 0.2) is 70.3 Å². The second-order valence-corrected chi connectivity index (χ2v) is 9.38. The quantitative estimate of drug-likeness (QED) is 0.696. The molecule has 0 saturated heterocycles. The van der Waals surface area contributed by atoms with Gasteiger partial charge in [-0.25, -0.2) is 23.5 Å². The largest absolute Gasteiger partial charge is 0.352 e. The van der Waals surface area contributed by atoms with Gasteiger partial charge in [0.15, 0.2) is 0 Å². The first-order chi connectivity index (χ1) is 13.7. The van der Waals surface area contributed by atoms with E-state index in [1.54, 1.807) is 0 Å². The van der Waals surface area contributed by atoms with Gasteiger partial charge in [0.25, 0.3) is 0 Å². The molecule has 0 amide bonds. The summed E-state index contributed by atoms with van der Waals surface area (Å²) in [5.74, 6) is 3.64. The van der Waals surface area contributed by atoms with Crippen molar-refractivity contribution in [2.75, 3.05) is 0 Å². The highest BCUT2D eigenvalue weighted by molar-refractivity contribution is 5.44. The highest BCUT2D eigenvalue weighted by Crippen LogP contribution is 2.91. The van der Waals surface area contributed by atoms with Crippen LogP contribution in [0.1, 0.15) is 23.9 Å². The summed E-state index contributed by atoms with van der Waals surface area (Å²) in [7, 11) is 0. The Morgan fingerprint density at radius 1 is 0.786 bits per heavy atom. The molecule has 4 aliphatic carbocycles. The Balaban J connectivity index is 1.35. The minimum absolute atomic E-state index is 0.120. The highest BCUT2D eigenvalue weighted by Gasteiger charge is 2.92. The van der Waals surface area contributed by atoms with E-state index in [1.807, 2.05) is 39.7 Å². The average Bonchev–Trinajstić information content (AvgIpc) is 3.03. The van der Waals surface area contributed by atoms with Crippen molar-refractivity contribution in [3.8, 4) is 5.69 Å². The number of nitrogens with zero attached hydrogens (tertiary/aromatic N) is 3. The Kier molecular flexibility index (Phi) is 2.09. The first kappa shape index (κ1) is 14.2. The van der Waals surface area contributed by atoms with Gasteiger partial charge < -0.3 is 0 Å². The predicted molar refractivity (Wildman–Crippen MR) is 103 cm³/mol. The van der Waals surface area contributed by atoms with Gasteiger partial charge in [-0.1, -0.05) is 48.5 Å². The summed E-state index contributed by atoms with van der Waals surface area (Å²) < 4.78 is 5.17. The number of hydrogen-bond donors (Lipinski definition) is 0. The number of rotatable bonds is 2. The third kappa shape index (κ3) is 1.18. The number of benzene rings is 2. The standard InChI is InChI=1S/C23H19N3O2/c27-21-24(13-9-5-2-6-10-13)22(28)26-23-11-14(12-7-3-1-4-8-12)18(23)15-16-17(15)20(19(16)23)25(21)26/h1-10,14-20H,11H2/t14-,15-,16+,17?,18-,19+,20-,23+/m1/s1. The van der Waals surface area contributed by atoms with E-state index in [9.17, 15) is 9.59 Å². The molecule has 0 radical (unpaired) electrons. The molecule has 1 aliphatic heterocycles. The summed E-state index contributed by atoms with van der Waals surface area (Å²) in [5.41, 5.74) is 1.68. The Morgan fingerprint density at radius 2 is 1.46 bits per heavy atom. The fourth-order valence-electron chi connectivity index (χ4n) is 8.12. The van der Waals surface area contributed by atoms with Crippen LogP contribution in [0.4, 0.5) is 0 Å². The molecule has 0 N–H and O–H groups in total. The van der Waals surface area contributed by atoms with E-state index in [0.717, 1.165) is 12.3 Å². The zero-order valence-corrected chi connectivity index (χ0v) is 15.2. The summed E-state index contributed by atoms with van der Waals surface area (Å²) >= 11 is 0. The fourth-order valence-corrected chi connectivity index (χ4v) is 8.12. The van der Waals surface area contributed by atoms with Crippen LogP contribution in [0.3, 0.4) is 0 Å². The van der Waals surface area contributed by atoms with E-state index in [0.29, 0.717) is 35.3 Å². The monoisotopic (exact) mass is 369 g/mol. The number of hydrogen-bond acceptors (Lipinski definition) is 2. The molecular formula is C23H19N3O2. The first-order valence-corrected chi connectivity index (χ1v) is 10.3. The van der Waals surface area contributed by atoms with Crippen LogP contribution in [0, 0.1) is 29.6 Å². The Hall–Kier alpha value is -2.82. The summed E-state index contributed by atoms with van der Waals surface area (Å²) in [6, 6.07) is 20.4. The van der Waals surface area contributed by atoms with Gasteiger partial charge >= 0.3 is 11.4 Å². The molecule has 8 atom stereocenters. The lowest BCUT2D eigenvalue weighted by molar-refractivity contribution is -0.0564. The molecule has 2 aromatic carbocycles. The third-order valence-corrected chi connectivity index (χ3v) is 8.81. The van der Waals surface area contributed by atoms with Crippen molar-refractivity contribution in [2.45, 2.75) is 23.9 Å². The summed E-state index contributed by atoms with van der Waals surface area (Å²) in [5, 5.41) is 0. The van der Waals surface area contributed by atoms with Crippen molar-refractivity contribution in [3.63, 3.8) is 0 Å². The maximum Gasteiger partial charge on any atom is 0.352 e. The minimum atomic E-state index is -0.143. The Labute approximate surface area is 160 Å². The number of fused-ring (bicyclic) bond motifs is 5. The zero-order valence-electron chi connectivity index (χ0n) is 15.2. The van der Waals surface area contributed by atoms with Gasteiger partial charge in [-0.3, -0.25) is 0 Å². The lowest BCUT2D eigenvalue weighted by Crippen LogP contribution is -2.60. The summed E-state index contributed by atoms with van der Waals surface area (Å²) in [4.78, 5) is 26.9. The van der Waals surface area contributed by atoms with Crippen LogP contribution in [0.25, 0.3) is 5.69 Å². The average molecular weight is 369 g/mol. The van der Waals surface area contributed by atoms with Crippen LogP contribution in [-0.4, -0.2) is 13.9 Å². The summed E-state index contributed by atoms with van der Waals surface area (Å²) in [6.45, 7) is 0. The molecule has 138 valence electrons. The lowest BCUT2D eigenvalue weighted by Gasteiger charge is -2.57. The summed E-state index contributed by atoms with van der Waals surface area (Å²) in [6.07, 6.45) is 1.00. The topological polar surface area (TPSA) is 48.9 Å². The van der Waals surface area contributed by atoms with Crippen molar-refractivity contribution in [2.24, 2.45) is 29.6 Å². The zero-order chi connectivity index (χ0) is 18.4.